The Morgan fingerprint density at radius 2 is 1.61 bits per heavy atom. The van der Waals surface area contributed by atoms with Crippen LogP contribution in [0.4, 0.5) is 18.9 Å². The van der Waals surface area contributed by atoms with E-state index < -0.39 is 42.6 Å². The molecule has 0 aliphatic rings. The van der Waals surface area contributed by atoms with E-state index in [9.17, 15) is 27.6 Å². The number of hydrogen-bond donors (Lipinski definition) is 2. The molecular weight excluding hydrogens is 433 g/mol. The van der Waals surface area contributed by atoms with E-state index in [4.69, 9.17) is 4.74 Å². The minimum atomic E-state index is -1.12. The number of halogens is 3. The highest BCUT2D eigenvalue weighted by molar-refractivity contribution is 7.17. The second-order valence-electron chi connectivity index (χ2n) is 6.20. The van der Waals surface area contributed by atoms with Gasteiger partial charge in [0.05, 0.1) is 6.54 Å². The van der Waals surface area contributed by atoms with E-state index >= 15 is 0 Å². The summed E-state index contributed by atoms with van der Waals surface area (Å²) in [7, 11) is 0. The van der Waals surface area contributed by atoms with Gasteiger partial charge in [0, 0.05) is 16.6 Å². The maximum atomic E-state index is 13.1. The minimum absolute atomic E-state index is 0.0271. The van der Waals surface area contributed by atoms with Crippen molar-refractivity contribution < 1.29 is 32.3 Å². The molecule has 0 saturated carbocycles. The van der Waals surface area contributed by atoms with Gasteiger partial charge in [0.2, 0.25) is 5.91 Å². The molecule has 0 saturated heterocycles. The van der Waals surface area contributed by atoms with Crippen LogP contribution in [0, 0.1) is 17.5 Å². The second-order valence-corrected chi connectivity index (χ2v) is 7.28. The fourth-order valence-electron chi connectivity index (χ4n) is 2.43. The van der Waals surface area contributed by atoms with Crippen molar-refractivity contribution in [3.8, 4) is 10.4 Å². The number of ether oxygens (including phenoxy) is 1. The number of carbonyl (C=O) groups is 3. The van der Waals surface area contributed by atoms with E-state index in [0.717, 1.165) is 33.9 Å². The first-order valence-corrected chi connectivity index (χ1v) is 9.68. The highest BCUT2D eigenvalue weighted by Crippen LogP contribution is 2.28. The van der Waals surface area contributed by atoms with E-state index in [-0.39, 0.29) is 16.4 Å². The molecule has 2 amide bonds. The maximum absolute atomic E-state index is 13.1. The lowest BCUT2D eigenvalue weighted by Crippen LogP contribution is -2.35. The Balaban J connectivity index is 1.44. The Bertz CT molecular complexity index is 1120. The van der Waals surface area contributed by atoms with E-state index in [1.807, 2.05) is 0 Å². The average Bonchev–Trinajstić information content (AvgIpc) is 3.24. The standard InChI is InChI=1S/C21H15F3N2O4S/c22-13-3-1-12(2-4-13)17-7-8-18(31-17)21(29)30-11-20(28)25-10-19(27)26-14-5-6-15(23)16(24)9-14/h1-9H,10-11H2,(H,25,28)(H,26,27). The summed E-state index contributed by atoms with van der Waals surface area (Å²) in [5.41, 5.74) is 0.759. The van der Waals surface area contributed by atoms with Crippen LogP contribution in [0.2, 0.25) is 0 Å². The first-order valence-electron chi connectivity index (χ1n) is 8.86. The van der Waals surface area contributed by atoms with Crippen molar-refractivity contribution in [2.45, 2.75) is 0 Å². The van der Waals surface area contributed by atoms with Crippen molar-refractivity contribution in [2.75, 3.05) is 18.5 Å². The Labute approximate surface area is 178 Å². The van der Waals surface area contributed by atoms with Crippen molar-refractivity contribution in [1.29, 1.82) is 0 Å². The topological polar surface area (TPSA) is 84.5 Å². The molecule has 160 valence electrons. The van der Waals surface area contributed by atoms with Crippen LogP contribution in [-0.2, 0) is 14.3 Å². The summed E-state index contributed by atoms with van der Waals surface area (Å²) in [4.78, 5) is 36.6. The molecule has 3 aromatic rings. The summed E-state index contributed by atoms with van der Waals surface area (Å²) < 4.78 is 43.9. The number of amides is 2. The number of nitrogens with one attached hydrogen (secondary N) is 2. The van der Waals surface area contributed by atoms with Crippen LogP contribution in [0.5, 0.6) is 0 Å². The van der Waals surface area contributed by atoms with Crippen LogP contribution in [0.15, 0.2) is 54.6 Å². The lowest BCUT2D eigenvalue weighted by molar-refractivity contribution is -0.126. The number of anilines is 1. The van der Waals surface area contributed by atoms with Crippen molar-refractivity contribution >= 4 is 34.8 Å². The van der Waals surface area contributed by atoms with Gasteiger partial charge < -0.3 is 15.4 Å². The molecular formula is C21H15F3N2O4S. The smallest absolute Gasteiger partial charge is 0.348 e. The van der Waals surface area contributed by atoms with Gasteiger partial charge in [-0.25, -0.2) is 18.0 Å². The van der Waals surface area contributed by atoms with Gasteiger partial charge in [0.25, 0.3) is 5.91 Å². The molecule has 0 unspecified atom stereocenters. The zero-order valence-electron chi connectivity index (χ0n) is 15.8. The van der Waals surface area contributed by atoms with E-state index in [0.29, 0.717) is 0 Å². The van der Waals surface area contributed by atoms with Crippen LogP contribution in [0.3, 0.4) is 0 Å². The predicted octanol–water partition coefficient (Wildman–Crippen LogP) is 3.74. The van der Waals surface area contributed by atoms with Crippen molar-refractivity contribution in [3.05, 3.63) is 76.9 Å². The molecule has 0 atom stereocenters. The van der Waals surface area contributed by atoms with Crippen molar-refractivity contribution in [1.82, 2.24) is 5.32 Å². The molecule has 6 nitrogen and oxygen atoms in total. The van der Waals surface area contributed by atoms with Crippen LogP contribution >= 0.6 is 11.3 Å². The minimum Gasteiger partial charge on any atom is -0.451 e. The molecule has 0 fully saturated rings. The summed E-state index contributed by atoms with van der Waals surface area (Å²) in [5, 5.41) is 4.53. The van der Waals surface area contributed by atoms with Crippen molar-refractivity contribution in [2.24, 2.45) is 0 Å². The fourth-order valence-corrected chi connectivity index (χ4v) is 3.33. The quantitative estimate of drug-likeness (QED) is 0.540. The van der Waals surface area contributed by atoms with E-state index in [1.165, 1.54) is 24.3 Å². The summed E-state index contributed by atoms with van der Waals surface area (Å²) >= 11 is 1.12. The van der Waals surface area contributed by atoms with Gasteiger partial charge in [-0.15, -0.1) is 11.3 Å². The van der Waals surface area contributed by atoms with Gasteiger partial charge in [-0.2, -0.15) is 0 Å². The lowest BCUT2D eigenvalue weighted by atomic mass is 10.2. The molecule has 10 heteroatoms. The number of carbonyl (C=O) groups excluding carboxylic acids is 3. The second kappa shape index (κ2) is 9.90. The molecule has 3 rings (SSSR count). The van der Waals surface area contributed by atoms with Gasteiger partial charge in [-0.1, -0.05) is 12.1 Å². The molecule has 0 aliphatic carbocycles. The normalized spacial score (nSPS) is 10.4. The molecule has 0 spiro atoms. The predicted molar refractivity (Wildman–Crippen MR) is 108 cm³/mol. The Morgan fingerprint density at radius 1 is 0.871 bits per heavy atom. The first kappa shape index (κ1) is 22.0. The third kappa shape index (κ3) is 6.16. The molecule has 1 aromatic heterocycles. The van der Waals surface area contributed by atoms with E-state index in [1.54, 1.807) is 18.2 Å². The van der Waals surface area contributed by atoms with Crippen LogP contribution in [0.25, 0.3) is 10.4 Å². The summed E-state index contributed by atoms with van der Waals surface area (Å²) in [6.45, 7) is -1.07. The lowest BCUT2D eigenvalue weighted by Gasteiger charge is -2.07. The zero-order chi connectivity index (χ0) is 22.4. The molecule has 2 aromatic carbocycles. The molecule has 1 heterocycles. The van der Waals surface area contributed by atoms with Gasteiger partial charge in [0.1, 0.15) is 10.7 Å². The van der Waals surface area contributed by atoms with Crippen LogP contribution in [-0.4, -0.2) is 30.9 Å². The Hall–Kier alpha value is -3.66. The number of hydrogen-bond acceptors (Lipinski definition) is 5. The van der Waals surface area contributed by atoms with Crippen LogP contribution in [0.1, 0.15) is 9.67 Å². The molecule has 0 radical (unpaired) electrons. The fraction of sp³-hybridized carbons (Fsp3) is 0.0952. The van der Waals surface area contributed by atoms with Gasteiger partial charge >= 0.3 is 5.97 Å². The Kier molecular flexibility index (Phi) is 7.03. The number of esters is 1. The van der Waals surface area contributed by atoms with Gasteiger partial charge in [-0.3, -0.25) is 9.59 Å². The molecule has 2 N–H and O–H groups in total. The van der Waals surface area contributed by atoms with E-state index in [2.05, 4.69) is 10.6 Å². The number of benzene rings is 2. The van der Waals surface area contributed by atoms with Crippen molar-refractivity contribution in [3.63, 3.8) is 0 Å². The third-order valence-electron chi connectivity index (χ3n) is 3.92. The summed E-state index contributed by atoms with van der Waals surface area (Å²) in [6, 6.07) is 11.8. The maximum Gasteiger partial charge on any atom is 0.348 e. The zero-order valence-corrected chi connectivity index (χ0v) is 16.6. The Morgan fingerprint density at radius 3 is 2.32 bits per heavy atom. The first-order chi connectivity index (χ1) is 14.8. The highest BCUT2D eigenvalue weighted by Gasteiger charge is 2.14. The summed E-state index contributed by atoms with van der Waals surface area (Å²) in [5.74, 6) is -4.66. The SMILES string of the molecule is O=C(COC(=O)c1ccc(-c2ccc(F)cc2)s1)NCC(=O)Nc1ccc(F)c(F)c1. The molecule has 0 aliphatic heterocycles. The largest absolute Gasteiger partial charge is 0.451 e. The average molecular weight is 448 g/mol. The molecule has 31 heavy (non-hydrogen) atoms. The summed E-state index contributed by atoms with van der Waals surface area (Å²) in [6.07, 6.45) is 0. The monoisotopic (exact) mass is 448 g/mol. The van der Waals surface area contributed by atoms with Gasteiger partial charge in [0.15, 0.2) is 18.2 Å². The number of thiophene rings is 1. The highest BCUT2D eigenvalue weighted by atomic mass is 32.1. The van der Waals surface area contributed by atoms with Gasteiger partial charge in [-0.05, 0) is 42.0 Å². The van der Waals surface area contributed by atoms with Crippen LogP contribution < -0.4 is 10.6 Å². The number of rotatable bonds is 7. The third-order valence-corrected chi connectivity index (χ3v) is 5.03. The molecule has 0 bridgehead atoms.